The zero-order valence-electron chi connectivity index (χ0n) is 20.0. The maximum atomic E-state index is 13.3. The number of anilines is 1. The molecule has 3 heterocycles. The van der Waals surface area contributed by atoms with Crippen LogP contribution in [0.1, 0.15) is 62.8 Å². The van der Waals surface area contributed by atoms with Crippen molar-refractivity contribution in [2.24, 2.45) is 0 Å². The summed E-state index contributed by atoms with van der Waals surface area (Å²) in [5, 5.41) is 8.87. The van der Waals surface area contributed by atoms with Crippen LogP contribution in [0.25, 0.3) is 0 Å². The molecule has 1 saturated heterocycles. The molecule has 11 heteroatoms. The smallest absolute Gasteiger partial charge is 0.261 e. The van der Waals surface area contributed by atoms with Gasteiger partial charge in [-0.1, -0.05) is 17.1 Å². The Labute approximate surface area is 212 Å². The van der Waals surface area contributed by atoms with Crippen LogP contribution in [0, 0.1) is 25.7 Å². The van der Waals surface area contributed by atoms with Crippen molar-refractivity contribution in [3.8, 4) is 11.8 Å². The molecule has 1 atom stereocenters. The predicted molar refractivity (Wildman–Crippen MR) is 132 cm³/mol. The lowest BCUT2D eigenvalue weighted by Crippen LogP contribution is -2.39. The van der Waals surface area contributed by atoms with Crippen LogP contribution in [0.15, 0.2) is 45.8 Å². The molecule has 2 aromatic carbocycles. The fourth-order valence-corrected chi connectivity index (χ4v) is 5.39. The molecule has 1 fully saturated rings. The van der Waals surface area contributed by atoms with Gasteiger partial charge in [0.05, 0.1) is 16.5 Å². The molecule has 0 aliphatic carbocycles. The van der Waals surface area contributed by atoms with Crippen LogP contribution < -0.4 is 15.4 Å². The van der Waals surface area contributed by atoms with Crippen LogP contribution in [0.2, 0.25) is 0 Å². The normalized spacial score (nSPS) is 16.9. The number of amides is 3. The van der Waals surface area contributed by atoms with E-state index in [0.717, 1.165) is 5.56 Å². The molecule has 2 aliphatic rings. The summed E-state index contributed by atoms with van der Waals surface area (Å²) in [5.41, 5.74) is 3.17. The van der Waals surface area contributed by atoms with Gasteiger partial charge in [-0.25, -0.2) is 8.42 Å². The number of piperidine rings is 1. The quantitative estimate of drug-likeness (QED) is 0.354. The van der Waals surface area contributed by atoms with E-state index in [4.69, 9.17) is 4.52 Å². The lowest BCUT2D eigenvalue weighted by Gasteiger charge is -2.22. The Morgan fingerprint density at radius 3 is 2.65 bits per heavy atom. The van der Waals surface area contributed by atoms with E-state index in [-0.39, 0.29) is 47.3 Å². The second kappa shape index (κ2) is 9.22. The molecule has 0 radical (unpaired) electrons. The average molecular weight is 519 g/mol. The number of aryl methyl sites for hydroxylation is 1. The minimum absolute atomic E-state index is 0.0233. The van der Waals surface area contributed by atoms with Crippen LogP contribution in [-0.2, 0) is 26.2 Å². The van der Waals surface area contributed by atoms with Gasteiger partial charge in [-0.3, -0.25) is 24.4 Å². The Hall–Kier alpha value is -4.43. The first-order chi connectivity index (χ1) is 17.6. The van der Waals surface area contributed by atoms with Crippen molar-refractivity contribution in [1.82, 2.24) is 15.8 Å². The fraction of sp³-hybridized carbons (Fsp3) is 0.231. The van der Waals surface area contributed by atoms with Gasteiger partial charge in [0.25, 0.3) is 15.9 Å². The number of hydrogen-bond donors (Lipinski definition) is 3. The second-order valence-corrected chi connectivity index (χ2v) is 10.6. The first-order valence-corrected chi connectivity index (χ1v) is 13.0. The largest absolute Gasteiger partial charge is 0.360 e. The molecule has 37 heavy (non-hydrogen) atoms. The number of benzene rings is 2. The van der Waals surface area contributed by atoms with Gasteiger partial charge in [-0.2, -0.15) is 0 Å². The Balaban J connectivity index is 1.48. The average Bonchev–Trinajstić information content (AvgIpc) is 3.39. The third-order valence-electron chi connectivity index (χ3n) is 6.46. The van der Waals surface area contributed by atoms with Crippen molar-refractivity contribution in [3.05, 3.63) is 75.7 Å². The van der Waals surface area contributed by atoms with E-state index in [2.05, 4.69) is 32.4 Å². The molecule has 0 spiro atoms. The van der Waals surface area contributed by atoms with E-state index in [9.17, 15) is 22.8 Å². The maximum Gasteiger partial charge on any atom is 0.261 e. The highest BCUT2D eigenvalue weighted by atomic mass is 32.2. The predicted octanol–water partition coefficient (Wildman–Crippen LogP) is 2.26. The van der Waals surface area contributed by atoms with Gasteiger partial charge in [0.1, 0.15) is 5.76 Å². The third-order valence-corrected chi connectivity index (χ3v) is 7.82. The number of nitrogens with zero attached hydrogens (tertiary/aromatic N) is 1. The minimum atomic E-state index is -4.08. The zero-order valence-corrected chi connectivity index (χ0v) is 20.8. The van der Waals surface area contributed by atoms with Crippen molar-refractivity contribution in [1.29, 1.82) is 0 Å². The molecule has 3 aromatic rings. The molecule has 10 nitrogen and oxygen atoms in total. The van der Waals surface area contributed by atoms with Gasteiger partial charge in [-0.15, -0.1) is 0 Å². The highest BCUT2D eigenvalue weighted by Crippen LogP contribution is 2.34. The third kappa shape index (κ3) is 4.71. The van der Waals surface area contributed by atoms with Crippen LogP contribution in [0.4, 0.5) is 5.69 Å². The van der Waals surface area contributed by atoms with Crippen LogP contribution in [0.5, 0.6) is 0 Å². The van der Waals surface area contributed by atoms with E-state index in [1.807, 2.05) is 6.92 Å². The lowest BCUT2D eigenvalue weighted by molar-refractivity contribution is -0.134. The molecule has 0 bridgehead atoms. The van der Waals surface area contributed by atoms with Gasteiger partial charge >= 0.3 is 0 Å². The number of rotatable bonds is 4. The summed E-state index contributed by atoms with van der Waals surface area (Å²) in [7, 11) is -4.08. The molecule has 2 aliphatic heterocycles. The monoisotopic (exact) mass is 518 g/mol. The van der Waals surface area contributed by atoms with Crippen LogP contribution in [-0.4, -0.2) is 31.3 Å². The van der Waals surface area contributed by atoms with Crippen LogP contribution >= 0.6 is 0 Å². The van der Waals surface area contributed by atoms with Crippen molar-refractivity contribution in [2.45, 2.75) is 44.0 Å². The number of imide groups is 1. The van der Waals surface area contributed by atoms with E-state index in [1.54, 1.807) is 31.2 Å². The SMILES string of the molecule is Cc1onc(C#Cc2cccc(S(=O)(=O)Nc3cc(C4CCC(=O)NC4=O)cc4c3CNC4=O)c2)c1C. The topological polar surface area (TPSA) is 147 Å². The lowest BCUT2D eigenvalue weighted by atomic mass is 9.88. The summed E-state index contributed by atoms with van der Waals surface area (Å²) >= 11 is 0. The molecular weight excluding hydrogens is 496 g/mol. The summed E-state index contributed by atoms with van der Waals surface area (Å²) < 4.78 is 34.4. The van der Waals surface area contributed by atoms with Gasteiger partial charge in [0.15, 0.2) is 5.69 Å². The molecular formula is C26H22N4O6S. The van der Waals surface area contributed by atoms with E-state index < -0.39 is 21.8 Å². The summed E-state index contributed by atoms with van der Waals surface area (Å²) in [6.45, 7) is 3.76. The molecule has 3 N–H and O–H groups in total. The number of aromatic nitrogens is 1. The highest BCUT2D eigenvalue weighted by Gasteiger charge is 2.32. The fourth-order valence-electron chi connectivity index (χ4n) is 4.27. The Morgan fingerprint density at radius 2 is 1.92 bits per heavy atom. The van der Waals surface area contributed by atoms with Crippen molar-refractivity contribution < 1.29 is 27.3 Å². The molecule has 1 aromatic heterocycles. The molecule has 188 valence electrons. The first kappa shape index (κ1) is 24.3. The van der Waals surface area contributed by atoms with Gasteiger partial charge < -0.3 is 9.84 Å². The molecule has 3 amide bonds. The number of nitrogens with one attached hydrogen (secondary N) is 3. The number of carbonyl (C=O) groups is 3. The number of fused-ring (bicyclic) bond motifs is 1. The Morgan fingerprint density at radius 1 is 1.11 bits per heavy atom. The summed E-state index contributed by atoms with van der Waals surface area (Å²) in [6, 6.07) is 9.26. The van der Waals surface area contributed by atoms with Gasteiger partial charge in [-0.05, 0) is 62.1 Å². The summed E-state index contributed by atoms with van der Waals surface area (Å²) in [5.74, 6) is 4.57. The molecule has 0 saturated carbocycles. The number of sulfonamides is 1. The standard InChI is InChI=1S/C26H22N4O6S/c1-14-15(2)36-29-22(14)8-6-16-4-3-5-18(10-16)37(34,35)30-23-12-17(11-20-21(23)13-27-25(20)32)19-7-9-24(31)28-26(19)33/h3-5,10-12,19,30H,7,9,13H2,1-2H3,(H,27,32)(H,28,31,33). The summed E-state index contributed by atoms with van der Waals surface area (Å²) in [4.78, 5) is 36.4. The highest BCUT2D eigenvalue weighted by molar-refractivity contribution is 7.92. The van der Waals surface area contributed by atoms with E-state index >= 15 is 0 Å². The van der Waals surface area contributed by atoms with Crippen molar-refractivity contribution in [3.63, 3.8) is 0 Å². The van der Waals surface area contributed by atoms with Crippen molar-refractivity contribution >= 4 is 33.4 Å². The van der Waals surface area contributed by atoms with Crippen LogP contribution in [0.3, 0.4) is 0 Å². The van der Waals surface area contributed by atoms with E-state index in [0.29, 0.717) is 28.1 Å². The summed E-state index contributed by atoms with van der Waals surface area (Å²) in [6.07, 6.45) is 0.421. The van der Waals surface area contributed by atoms with E-state index in [1.165, 1.54) is 12.1 Å². The Bertz CT molecular complexity index is 1640. The Kier molecular flexibility index (Phi) is 6.05. The number of hydrogen-bond acceptors (Lipinski definition) is 7. The molecule has 1 unspecified atom stereocenters. The van der Waals surface area contributed by atoms with Crippen molar-refractivity contribution in [2.75, 3.05) is 4.72 Å². The van der Waals surface area contributed by atoms with Gasteiger partial charge in [0.2, 0.25) is 11.8 Å². The molecule has 5 rings (SSSR count). The maximum absolute atomic E-state index is 13.3. The first-order valence-electron chi connectivity index (χ1n) is 11.5. The second-order valence-electron chi connectivity index (χ2n) is 8.88. The zero-order chi connectivity index (χ0) is 26.3. The number of carbonyl (C=O) groups excluding carboxylic acids is 3. The van der Waals surface area contributed by atoms with Gasteiger partial charge in [0, 0.05) is 35.2 Å². The minimum Gasteiger partial charge on any atom is -0.360 e.